The van der Waals surface area contributed by atoms with E-state index in [9.17, 15) is 8.78 Å². The summed E-state index contributed by atoms with van der Waals surface area (Å²) in [7, 11) is 3.30. The molecule has 180 valence electrons. The van der Waals surface area contributed by atoms with Gasteiger partial charge in [-0.25, -0.2) is 22.4 Å². The van der Waals surface area contributed by atoms with Gasteiger partial charge in [0.05, 0.1) is 36.5 Å². The molecule has 12 heteroatoms. The molecule has 1 aromatic carbocycles. The standard InChI is InChI=1S/C22H25F3N8O/c1-12(9-23)33-18-8-13(4-5-17(18)28-30-33)19-15(25)11-32-20(19)21(34-3)27-22(29-32)26-16-6-7-31(2)10-14(16)24/h4-5,8,11-12,14,16H,6-7,9-10H2,1-3H3,(H,26,29)/t12-,14+,16-/m1/s1. The molecule has 0 amide bonds. The number of piperidine rings is 1. The van der Waals surface area contributed by atoms with Crippen LogP contribution in [0.2, 0.25) is 0 Å². The van der Waals surface area contributed by atoms with Crippen molar-refractivity contribution in [1.29, 1.82) is 0 Å². The molecule has 0 spiro atoms. The van der Waals surface area contributed by atoms with Crippen molar-refractivity contribution < 1.29 is 17.9 Å². The number of hydrogen-bond donors (Lipinski definition) is 1. The molecule has 0 bridgehead atoms. The maximum atomic E-state index is 15.2. The summed E-state index contributed by atoms with van der Waals surface area (Å²) < 4.78 is 51.3. The number of aromatic nitrogens is 6. The van der Waals surface area contributed by atoms with Gasteiger partial charge in [-0.2, -0.15) is 4.98 Å². The molecule has 1 aliphatic rings. The van der Waals surface area contributed by atoms with Crippen LogP contribution in [0.25, 0.3) is 27.7 Å². The minimum atomic E-state index is -1.09. The number of fused-ring (bicyclic) bond motifs is 2. The van der Waals surface area contributed by atoms with Crippen LogP contribution < -0.4 is 10.1 Å². The van der Waals surface area contributed by atoms with Crippen molar-refractivity contribution in [3.8, 4) is 17.0 Å². The van der Waals surface area contributed by atoms with Crippen molar-refractivity contribution >= 4 is 22.5 Å². The quantitative estimate of drug-likeness (QED) is 0.459. The number of methoxy groups -OCH3 is 1. The second-order valence-electron chi connectivity index (χ2n) is 8.65. The number of nitrogens with one attached hydrogen (secondary N) is 1. The summed E-state index contributed by atoms with van der Waals surface area (Å²) in [5, 5.41) is 15.5. The number of rotatable bonds is 6. The second-order valence-corrected chi connectivity index (χ2v) is 8.65. The number of benzene rings is 1. The van der Waals surface area contributed by atoms with E-state index in [0.717, 1.165) is 6.54 Å². The number of hydrogen-bond acceptors (Lipinski definition) is 7. The first kappa shape index (κ1) is 22.4. The van der Waals surface area contributed by atoms with E-state index in [2.05, 4.69) is 25.7 Å². The first-order valence-electron chi connectivity index (χ1n) is 11.0. The molecule has 3 atom stereocenters. The third-order valence-electron chi connectivity index (χ3n) is 6.21. The molecule has 4 heterocycles. The molecule has 4 aromatic rings. The zero-order chi connectivity index (χ0) is 24.0. The third kappa shape index (κ3) is 3.81. The molecule has 0 saturated carbocycles. The first-order valence-corrected chi connectivity index (χ1v) is 11.0. The fraction of sp³-hybridized carbons (Fsp3) is 0.455. The summed E-state index contributed by atoms with van der Waals surface area (Å²) in [5.74, 6) is -0.245. The topological polar surface area (TPSA) is 85.4 Å². The van der Waals surface area contributed by atoms with Crippen molar-refractivity contribution in [2.24, 2.45) is 0 Å². The van der Waals surface area contributed by atoms with Crippen LogP contribution in [0.1, 0.15) is 19.4 Å². The zero-order valence-electron chi connectivity index (χ0n) is 19.0. The van der Waals surface area contributed by atoms with Gasteiger partial charge >= 0.3 is 0 Å². The lowest BCUT2D eigenvalue weighted by Gasteiger charge is -2.32. The average Bonchev–Trinajstić information content (AvgIpc) is 3.39. The van der Waals surface area contributed by atoms with Crippen LogP contribution in [0.3, 0.4) is 0 Å². The van der Waals surface area contributed by atoms with Gasteiger partial charge in [0.1, 0.15) is 23.9 Å². The predicted molar refractivity (Wildman–Crippen MR) is 121 cm³/mol. The number of alkyl halides is 2. The number of ether oxygens (including phenoxy) is 1. The summed E-state index contributed by atoms with van der Waals surface area (Å²) in [6, 6.07) is 4.15. The second kappa shape index (κ2) is 8.75. The average molecular weight is 474 g/mol. The Kier molecular flexibility index (Phi) is 5.76. The van der Waals surface area contributed by atoms with Crippen LogP contribution >= 0.6 is 0 Å². The molecule has 1 N–H and O–H groups in total. The Morgan fingerprint density at radius 1 is 1.32 bits per heavy atom. The maximum Gasteiger partial charge on any atom is 0.244 e. The summed E-state index contributed by atoms with van der Waals surface area (Å²) in [5.41, 5.74) is 2.22. The molecule has 0 unspecified atom stereocenters. The molecule has 3 aromatic heterocycles. The number of nitrogens with zero attached hydrogens (tertiary/aromatic N) is 7. The molecular weight excluding hydrogens is 449 g/mol. The lowest BCUT2D eigenvalue weighted by Crippen LogP contribution is -2.46. The van der Waals surface area contributed by atoms with Gasteiger partial charge in [-0.15, -0.1) is 10.2 Å². The summed E-state index contributed by atoms with van der Waals surface area (Å²) >= 11 is 0. The SMILES string of the molecule is COc1nc(N[C@@H]2CCN(C)C[C@@H]2F)nn2cc(F)c(-c3ccc4nnn([C@H](C)CF)c4c3)c12. The maximum absolute atomic E-state index is 15.2. The van der Waals surface area contributed by atoms with E-state index in [1.165, 1.54) is 22.5 Å². The number of anilines is 1. The van der Waals surface area contributed by atoms with Gasteiger partial charge in [0.25, 0.3) is 0 Å². The summed E-state index contributed by atoms with van der Waals surface area (Å²) in [4.78, 5) is 6.31. The van der Waals surface area contributed by atoms with Gasteiger partial charge < -0.3 is 15.0 Å². The van der Waals surface area contributed by atoms with Crippen molar-refractivity contribution in [3.05, 3.63) is 30.2 Å². The molecule has 9 nitrogen and oxygen atoms in total. The van der Waals surface area contributed by atoms with Crippen LogP contribution in [0.15, 0.2) is 24.4 Å². The highest BCUT2D eigenvalue weighted by Gasteiger charge is 2.29. The Labute approximate surface area is 193 Å². The van der Waals surface area contributed by atoms with Crippen LogP contribution in [0, 0.1) is 5.82 Å². The number of likely N-dealkylation sites (tertiary alicyclic amines) is 1. The lowest BCUT2D eigenvalue weighted by molar-refractivity contribution is 0.149. The van der Waals surface area contributed by atoms with Gasteiger partial charge in [-0.05, 0) is 38.1 Å². The molecule has 1 aliphatic heterocycles. The van der Waals surface area contributed by atoms with Crippen LogP contribution in [0.5, 0.6) is 5.88 Å². The van der Waals surface area contributed by atoms with Crippen LogP contribution in [-0.2, 0) is 0 Å². The van der Waals surface area contributed by atoms with Gasteiger partial charge in [-0.3, -0.25) is 0 Å². The van der Waals surface area contributed by atoms with Gasteiger partial charge in [0.2, 0.25) is 11.8 Å². The fourth-order valence-electron chi connectivity index (χ4n) is 4.37. The third-order valence-corrected chi connectivity index (χ3v) is 6.21. The van der Waals surface area contributed by atoms with Crippen molar-refractivity contribution in [1.82, 2.24) is 34.5 Å². The summed E-state index contributed by atoms with van der Waals surface area (Å²) in [6.45, 7) is 2.14. The summed E-state index contributed by atoms with van der Waals surface area (Å²) in [6.07, 6.45) is 0.731. The van der Waals surface area contributed by atoms with E-state index >= 15 is 4.39 Å². The van der Waals surface area contributed by atoms with E-state index in [-0.39, 0.29) is 17.4 Å². The van der Waals surface area contributed by atoms with E-state index < -0.39 is 30.7 Å². The van der Waals surface area contributed by atoms with Crippen LogP contribution in [-0.4, -0.2) is 80.6 Å². The smallest absolute Gasteiger partial charge is 0.244 e. The van der Waals surface area contributed by atoms with Crippen LogP contribution in [0.4, 0.5) is 19.1 Å². The molecule has 5 rings (SSSR count). The molecule has 0 aliphatic carbocycles. The fourth-order valence-corrected chi connectivity index (χ4v) is 4.37. The molecule has 34 heavy (non-hydrogen) atoms. The Balaban J connectivity index is 1.57. The van der Waals surface area contributed by atoms with Crippen molar-refractivity contribution in [2.45, 2.75) is 31.6 Å². The largest absolute Gasteiger partial charge is 0.479 e. The highest BCUT2D eigenvalue weighted by atomic mass is 19.1. The monoisotopic (exact) mass is 474 g/mol. The molecule has 1 fully saturated rings. The highest BCUT2D eigenvalue weighted by Crippen LogP contribution is 2.35. The van der Waals surface area contributed by atoms with E-state index in [1.807, 2.05) is 11.9 Å². The lowest BCUT2D eigenvalue weighted by atomic mass is 10.0. The molecule has 1 saturated heterocycles. The minimum absolute atomic E-state index is 0.142. The van der Waals surface area contributed by atoms with Crippen molar-refractivity contribution in [2.75, 3.05) is 39.2 Å². The highest BCUT2D eigenvalue weighted by molar-refractivity contribution is 5.89. The first-order chi connectivity index (χ1) is 16.4. The van der Waals surface area contributed by atoms with Gasteiger partial charge in [0.15, 0.2) is 5.82 Å². The number of halogens is 3. The normalized spacial score (nSPS) is 20.2. The van der Waals surface area contributed by atoms with Crippen molar-refractivity contribution in [3.63, 3.8) is 0 Å². The predicted octanol–water partition coefficient (Wildman–Crippen LogP) is 3.27. The Morgan fingerprint density at radius 2 is 2.15 bits per heavy atom. The van der Waals surface area contributed by atoms with E-state index in [0.29, 0.717) is 35.1 Å². The minimum Gasteiger partial charge on any atom is -0.479 e. The van der Waals surface area contributed by atoms with E-state index in [4.69, 9.17) is 4.74 Å². The molecule has 0 radical (unpaired) electrons. The Morgan fingerprint density at radius 3 is 2.88 bits per heavy atom. The Hall–Kier alpha value is -3.41. The molecular formula is C22H25F3N8O. The van der Waals surface area contributed by atoms with Gasteiger partial charge in [0, 0.05) is 13.1 Å². The Bertz CT molecular complexity index is 1340. The van der Waals surface area contributed by atoms with E-state index in [1.54, 1.807) is 25.1 Å². The van der Waals surface area contributed by atoms with Gasteiger partial charge in [-0.1, -0.05) is 11.3 Å². The zero-order valence-corrected chi connectivity index (χ0v) is 19.0.